The van der Waals surface area contributed by atoms with Gasteiger partial charge in [0, 0.05) is 13.0 Å². The number of sulfonamides is 1. The van der Waals surface area contributed by atoms with Gasteiger partial charge >= 0.3 is 0 Å². The third-order valence-corrected chi connectivity index (χ3v) is 5.89. The number of carbonyl (C=O) groups excluding carboxylic acids is 1. The summed E-state index contributed by atoms with van der Waals surface area (Å²) in [6, 6.07) is 12.8. The Balaban J connectivity index is 2.53. The van der Waals surface area contributed by atoms with Gasteiger partial charge in [0.05, 0.1) is 15.7 Å². The van der Waals surface area contributed by atoms with E-state index in [2.05, 4.69) is 0 Å². The maximum Gasteiger partial charge on any atom is 0.265 e. The zero-order valence-electron chi connectivity index (χ0n) is 11.9. The second-order valence-electron chi connectivity index (χ2n) is 4.68. The van der Waals surface area contributed by atoms with Gasteiger partial charge in [-0.25, -0.2) is 8.42 Å². The molecule has 0 saturated carbocycles. The van der Waals surface area contributed by atoms with Gasteiger partial charge in [-0.05, 0) is 24.3 Å². The van der Waals surface area contributed by atoms with Gasteiger partial charge in [0.15, 0.2) is 0 Å². The van der Waals surface area contributed by atoms with Gasteiger partial charge in [0.1, 0.15) is 4.90 Å². The van der Waals surface area contributed by atoms with E-state index in [9.17, 15) is 13.2 Å². The number of nitrogens with zero attached hydrogens (tertiary/aromatic N) is 1. The van der Waals surface area contributed by atoms with Gasteiger partial charge < -0.3 is 5.73 Å². The molecule has 2 aromatic carbocycles. The van der Waals surface area contributed by atoms with Crippen LogP contribution in [0.15, 0.2) is 53.4 Å². The molecular formula is C15H14Cl2N2O3S. The van der Waals surface area contributed by atoms with Gasteiger partial charge in [0.25, 0.3) is 10.0 Å². The summed E-state index contributed by atoms with van der Waals surface area (Å²) in [5, 5.41) is 0.0739. The predicted octanol–water partition coefficient (Wildman–Crippen LogP) is 3.06. The highest BCUT2D eigenvalue weighted by Gasteiger charge is 2.28. The van der Waals surface area contributed by atoms with Gasteiger partial charge in [-0.3, -0.25) is 9.10 Å². The molecule has 2 aromatic rings. The molecule has 122 valence electrons. The number of primary amides is 1. The van der Waals surface area contributed by atoms with Crippen LogP contribution in [0.25, 0.3) is 0 Å². The molecule has 0 radical (unpaired) electrons. The largest absolute Gasteiger partial charge is 0.370 e. The third kappa shape index (κ3) is 3.96. The van der Waals surface area contributed by atoms with Crippen LogP contribution in [0.2, 0.25) is 10.0 Å². The number of hydrogen-bond acceptors (Lipinski definition) is 3. The number of para-hydroxylation sites is 1. The number of hydrogen-bond donors (Lipinski definition) is 1. The quantitative estimate of drug-likeness (QED) is 0.845. The van der Waals surface area contributed by atoms with E-state index in [0.717, 1.165) is 4.31 Å². The lowest BCUT2D eigenvalue weighted by atomic mass is 10.3. The standard InChI is InChI=1S/C15H14Cl2N2O3S/c16-12-7-4-8-13(15(12)17)23(21,22)19(10-9-14(18)20)11-5-2-1-3-6-11/h1-8H,9-10H2,(H2,18,20). The Labute approximate surface area is 144 Å². The summed E-state index contributed by atoms with van der Waals surface area (Å²) in [5.74, 6) is -0.599. The highest BCUT2D eigenvalue weighted by atomic mass is 35.5. The van der Waals surface area contributed by atoms with Crippen LogP contribution in [0.5, 0.6) is 0 Å². The van der Waals surface area contributed by atoms with Crippen LogP contribution in [0.3, 0.4) is 0 Å². The molecular weight excluding hydrogens is 359 g/mol. The Hall–Kier alpha value is -1.76. The molecule has 0 bridgehead atoms. The number of anilines is 1. The van der Waals surface area contributed by atoms with Crippen LogP contribution in [0.1, 0.15) is 6.42 Å². The number of benzene rings is 2. The molecule has 8 heteroatoms. The van der Waals surface area contributed by atoms with Gasteiger partial charge in [0.2, 0.25) is 5.91 Å². The van der Waals surface area contributed by atoms with Gasteiger partial charge in [-0.2, -0.15) is 0 Å². The van der Waals surface area contributed by atoms with E-state index >= 15 is 0 Å². The fourth-order valence-electron chi connectivity index (χ4n) is 2.00. The molecule has 0 aliphatic rings. The van der Waals surface area contributed by atoms with Crippen LogP contribution in [-0.4, -0.2) is 20.9 Å². The van der Waals surface area contributed by atoms with Crippen molar-refractivity contribution in [2.45, 2.75) is 11.3 Å². The van der Waals surface area contributed by atoms with E-state index in [0.29, 0.717) is 5.69 Å². The Morgan fingerprint density at radius 3 is 2.30 bits per heavy atom. The van der Waals surface area contributed by atoms with E-state index < -0.39 is 15.9 Å². The zero-order chi connectivity index (χ0) is 17.0. The van der Waals surface area contributed by atoms with Crippen LogP contribution in [0.4, 0.5) is 5.69 Å². The average molecular weight is 373 g/mol. The molecule has 0 saturated heterocycles. The Morgan fingerprint density at radius 1 is 1.04 bits per heavy atom. The smallest absolute Gasteiger partial charge is 0.265 e. The first-order valence-electron chi connectivity index (χ1n) is 6.64. The molecule has 0 unspecified atom stereocenters. The molecule has 0 aliphatic carbocycles. The molecule has 0 heterocycles. The van der Waals surface area contributed by atoms with Crippen molar-refractivity contribution in [1.82, 2.24) is 0 Å². The Kier molecular flexibility index (Phi) is 5.51. The van der Waals surface area contributed by atoms with Crippen molar-refractivity contribution in [1.29, 1.82) is 0 Å². The number of nitrogens with two attached hydrogens (primary N) is 1. The van der Waals surface area contributed by atoms with Gasteiger partial charge in [-0.1, -0.05) is 47.5 Å². The highest BCUT2D eigenvalue weighted by Crippen LogP contribution is 2.32. The van der Waals surface area contributed by atoms with Crippen molar-refractivity contribution in [3.05, 3.63) is 58.6 Å². The Morgan fingerprint density at radius 2 is 1.70 bits per heavy atom. The van der Waals surface area contributed by atoms with Crippen molar-refractivity contribution in [2.24, 2.45) is 5.73 Å². The molecule has 2 N–H and O–H groups in total. The van der Waals surface area contributed by atoms with E-state index in [-0.39, 0.29) is 27.9 Å². The monoisotopic (exact) mass is 372 g/mol. The molecule has 0 aliphatic heterocycles. The van der Waals surface area contributed by atoms with Crippen LogP contribution in [-0.2, 0) is 14.8 Å². The first-order valence-corrected chi connectivity index (χ1v) is 8.83. The first kappa shape index (κ1) is 17.6. The summed E-state index contributed by atoms with van der Waals surface area (Å²) >= 11 is 12.0. The lowest BCUT2D eigenvalue weighted by Gasteiger charge is -2.24. The second-order valence-corrected chi connectivity index (χ2v) is 7.30. The minimum absolute atomic E-state index is 0.0610. The normalized spacial score (nSPS) is 11.2. The van der Waals surface area contributed by atoms with Crippen LogP contribution in [0, 0.1) is 0 Å². The van der Waals surface area contributed by atoms with E-state index in [4.69, 9.17) is 28.9 Å². The molecule has 23 heavy (non-hydrogen) atoms. The van der Waals surface area contributed by atoms with E-state index in [1.165, 1.54) is 18.2 Å². The topological polar surface area (TPSA) is 80.5 Å². The summed E-state index contributed by atoms with van der Waals surface area (Å²) in [6.07, 6.45) is -0.119. The molecule has 2 rings (SSSR count). The van der Waals surface area contributed by atoms with Crippen molar-refractivity contribution < 1.29 is 13.2 Å². The molecule has 0 atom stereocenters. The molecule has 0 fully saturated rings. The maximum absolute atomic E-state index is 12.9. The van der Waals surface area contributed by atoms with Crippen LogP contribution >= 0.6 is 23.2 Å². The van der Waals surface area contributed by atoms with Crippen molar-refractivity contribution in [3.63, 3.8) is 0 Å². The summed E-state index contributed by atoms with van der Waals surface area (Å²) in [4.78, 5) is 10.9. The average Bonchev–Trinajstić information content (AvgIpc) is 2.50. The highest BCUT2D eigenvalue weighted by molar-refractivity contribution is 7.93. The Bertz CT molecular complexity index is 811. The third-order valence-electron chi connectivity index (χ3n) is 3.09. The van der Waals surface area contributed by atoms with Crippen molar-refractivity contribution in [2.75, 3.05) is 10.8 Å². The molecule has 0 spiro atoms. The van der Waals surface area contributed by atoms with Gasteiger partial charge in [-0.15, -0.1) is 0 Å². The minimum Gasteiger partial charge on any atom is -0.370 e. The molecule has 1 amide bonds. The van der Waals surface area contributed by atoms with Crippen molar-refractivity contribution in [3.8, 4) is 0 Å². The number of carbonyl (C=O) groups is 1. The predicted molar refractivity (Wildman–Crippen MR) is 91.2 cm³/mol. The summed E-state index contributed by atoms with van der Waals surface area (Å²) in [7, 11) is -3.99. The number of amides is 1. The van der Waals surface area contributed by atoms with Crippen LogP contribution < -0.4 is 10.0 Å². The van der Waals surface area contributed by atoms with E-state index in [1.807, 2.05) is 0 Å². The molecule has 0 aromatic heterocycles. The fraction of sp³-hybridized carbons (Fsp3) is 0.133. The first-order chi connectivity index (χ1) is 10.8. The SMILES string of the molecule is NC(=O)CCN(c1ccccc1)S(=O)(=O)c1cccc(Cl)c1Cl. The fourth-order valence-corrected chi connectivity index (χ4v) is 4.20. The van der Waals surface area contributed by atoms with E-state index in [1.54, 1.807) is 30.3 Å². The molecule has 5 nitrogen and oxygen atoms in total. The summed E-state index contributed by atoms with van der Waals surface area (Å²) in [6.45, 7) is -0.0927. The number of rotatable bonds is 6. The summed E-state index contributed by atoms with van der Waals surface area (Å²) < 4.78 is 27.0. The van der Waals surface area contributed by atoms with Crippen molar-refractivity contribution >= 4 is 44.8 Å². The number of halogens is 2. The summed E-state index contributed by atoms with van der Waals surface area (Å²) in [5.41, 5.74) is 5.55. The minimum atomic E-state index is -3.99. The maximum atomic E-state index is 12.9. The zero-order valence-corrected chi connectivity index (χ0v) is 14.3. The second kappa shape index (κ2) is 7.21. The lowest BCUT2D eigenvalue weighted by Crippen LogP contribution is -2.34. The lowest BCUT2D eigenvalue weighted by molar-refractivity contribution is -0.117.